The van der Waals surface area contributed by atoms with Gasteiger partial charge in [0.25, 0.3) is 15.6 Å². The maximum absolute atomic E-state index is 12.9. The van der Waals surface area contributed by atoms with Gasteiger partial charge in [0.15, 0.2) is 0 Å². The molecule has 9 heteroatoms. The summed E-state index contributed by atoms with van der Waals surface area (Å²) in [6, 6.07) is 18.5. The smallest absolute Gasteiger partial charge is 0.328 e. The van der Waals surface area contributed by atoms with Crippen LogP contribution in [0.1, 0.15) is 37.7 Å². The van der Waals surface area contributed by atoms with Crippen LogP contribution in [-0.4, -0.2) is 30.5 Å². The summed E-state index contributed by atoms with van der Waals surface area (Å²) in [4.78, 5) is 29.4. The van der Waals surface area contributed by atoms with Gasteiger partial charge in [-0.25, -0.2) is 17.9 Å². The molecule has 0 saturated heterocycles. The molecular weight excluding hydrogens is 488 g/mol. The summed E-state index contributed by atoms with van der Waals surface area (Å²) in [7, 11) is -4.08. The maximum Gasteiger partial charge on any atom is 0.328 e. The molecule has 2 aromatic heterocycles. The molecule has 2 amide bonds. The molecule has 0 bridgehead atoms. The number of hydrogen-bond donors (Lipinski definition) is 2. The van der Waals surface area contributed by atoms with Gasteiger partial charge in [-0.3, -0.25) is 9.78 Å². The van der Waals surface area contributed by atoms with Crippen LogP contribution in [0.25, 0.3) is 22.0 Å². The Hall–Kier alpha value is -3.98. The molecule has 0 aliphatic heterocycles. The van der Waals surface area contributed by atoms with Crippen LogP contribution < -0.4 is 15.6 Å². The molecule has 0 atom stereocenters. The highest BCUT2D eigenvalue weighted by Gasteiger charge is 2.21. The number of sulfonamides is 1. The maximum atomic E-state index is 12.9. The topological polar surface area (TPSA) is 110 Å². The van der Waals surface area contributed by atoms with Gasteiger partial charge < -0.3 is 9.88 Å². The third-order valence-corrected chi connectivity index (χ3v) is 7.55. The molecule has 2 heterocycles. The van der Waals surface area contributed by atoms with Crippen molar-refractivity contribution in [2.45, 2.75) is 45.1 Å². The number of rotatable bonds is 8. The number of amides is 2. The van der Waals surface area contributed by atoms with Crippen LogP contribution in [-0.2, 0) is 29.4 Å². The molecule has 2 aromatic carbocycles. The predicted octanol–water partition coefficient (Wildman–Crippen LogP) is 4.24. The van der Waals surface area contributed by atoms with E-state index in [1.165, 1.54) is 6.07 Å². The van der Waals surface area contributed by atoms with Crippen molar-refractivity contribution >= 4 is 27.0 Å². The van der Waals surface area contributed by atoms with Gasteiger partial charge in [0.1, 0.15) is 0 Å². The molecule has 0 spiro atoms. The molecule has 4 aromatic rings. The minimum Gasteiger partial charge on any atom is -0.338 e. The van der Waals surface area contributed by atoms with Crippen LogP contribution in [0.15, 0.2) is 76.4 Å². The Kier molecular flexibility index (Phi) is 7.73. The first kappa shape index (κ1) is 26.1. The minimum absolute atomic E-state index is 0.00552. The second kappa shape index (κ2) is 11.0. The molecule has 0 unspecified atom stereocenters. The summed E-state index contributed by atoms with van der Waals surface area (Å²) in [5, 5.41) is 3.40. The quantitative estimate of drug-likeness (QED) is 0.362. The van der Waals surface area contributed by atoms with Gasteiger partial charge in [0.05, 0.1) is 17.0 Å². The van der Waals surface area contributed by atoms with Crippen molar-refractivity contribution in [1.29, 1.82) is 0 Å². The van der Waals surface area contributed by atoms with Gasteiger partial charge in [0, 0.05) is 34.9 Å². The van der Waals surface area contributed by atoms with E-state index in [1.807, 2.05) is 48.0 Å². The molecular formula is C28H30N4O4S. The summed E-state index contributed by atoms with van der Waals surface area (Å²) in [6.45, 7) is 6.47. The van der Waals surface area contributed by atoms with E-state index in [-0.39, 0.29) is 10.5 Å². The number of carbonyl (C=O) groups excluding carboxylic acids is 1. The van der Waals surface area contributed by atoms with Gasteiger partial charge in [-0.05, 0) is 49.1 Å². The zero-order valence-corrected chi connectivity index (χ0v) is 21.9. The van der Waals surface area contributed by atoms with E-state index in [1.54, 1.807) is 35.8 Å². The lowest BCUT2D eigenvalue weighted by Crippen LogP contribution is -2.39. The fourth-order valence-electron chi connectivity index (χ4n) is 4.32. The highest BCUT2D eigenvalue weighted by atomic mass is 32.2. The van der Waals surface area contributed by atoms with Gasteiger partial charge in [-0.1, -0.05) is 56.3 Å². The lowest BCUT2D eigenvalue weighted by molar-refractivity contribution is 0.246. The number of benzene rings is 2. The highest BCUT2D eigenvalue weighted by molar-refractivity contribution is 7.90. The van der Waals surface area contributed by atoms with Crippen LogP contribution >= 0.6 is 0 Å². The first-order valence-electron chi connectivity index (χ1n) is 12.3. The van der Waals surface area contributed by atoms with Crippen molar-refractivity contribution in [2.75, 3.05) is 6.54 Å². The number of urea groups is 1. The second-order valence-electron chi connectivity index (χ2n) is 8.62. The highest BCUT2D eigenvalue weighted by Crippen LogP contribution is 2.28. The number of nitrogens with zero attached hydrogens (tertiary/aromatic N) is 2. The van der Waals surface area contributed by atoms with Crippen LogP contribution in [0.3, 0.4) is 0 Å². The number of carbonyl (C=O) groups is 1. The lowest BCUT2D eigenvalue weighted by atomic mass is 10.0. The van der Waals surface area contributed by atoms with Crippen molar-refractivity contribution in [3.8, 4) is 11.1 Å². The molecule has 37 heavy (non-hydrogen) atoms. The minimum atomic E-state index is -4.08. The Morgan fingerprint density at radius 3 is 2.35 bits per heavy atom. The first-order chi connectivity index (χ1) is 17.8. The molecule has 192 valence electrons. The normalized spacial score (nSPS) is 11.4. The van der Waals surface area contributed by atoms with Crippen LogP contribution in [0.2, 0.25) is 0 Å². The lowest BCUT2D eigenvalue weighted by Gasteiger charge is -2.15. The number of aromatic nitrogens is 2. The number of pyridine rings is 2. The zero-order chi connectivity index (χ0) is 26.6. The van der Waals surface area contributed by atoms with Crippen molar-refractivity contribution in [2.24, 2.45) is 0 Å². The first-order valence-corrected chi connectivity index (χ1v) is 13.8. The van der Waals surface area contributed by atoms with Crippen molar-refractivity contribution in [3.05, 3.63) is 94.0 Å². The van der Waals surface area contributed by atoms with Crippen LogP contribution in [0, 0.1) is 0 Å². The van der Waals surface area contributed by atoms with E-state index in [9.17, 15) is 18.0 Å². The number of hydrogen-bond acceptors (Lipinski definition) is 5. The Morgan fingerprint density at radius 1 is 0.946 bits per heavy atom. The summed E-state index contributed by atoms with van der Waals surface area (Å²) < 4.78 is 29.5. The van der Waals surface area contributed by atoms with E-state index in [0.717, 1.165) is 40.7 Å². The molecule has 8 nitrogen and oxygen atoms in total. The largest absolute Gasteiger partial charge is 0.338 e. The van der Waals surface area contributed by atoms with Gasteiger partial charge in [0.2, 0.25) is 0 Å². The second-order valence-corrected chi connectivity index (χ2v) is 10.3. The summed E-state index contributed by atoms with van der Waals surface area (Å²) in [5.41, 5.74) is 4.71. The van der Waals surface area contributed by atoms with E-state index in [2.05, 4.69) is 12.2 Å². The van der Waals surface area contributed by atoms with Crippen molar-refractivity contribution in [3.63, 3.8) is 0 Å². The molecule has 0 aliphatic carbocycles. The van der Waals surface area contributed by atoms with Crippen LogP contribution in [0.5, 0.6) is 0 Å². The average molecular weight is 519 g/mol. The van der Waals surface area contributed by atoms with Gasteiger partial charge >= 0.3 is 6.03 Å². The molecule has 0 fully saturated rings. The molecule has 0 radical (unpaired) electrons. The Bertz CT molecular complexity index is 1610. The van der Waals surface area contributed by atoms with Gasteiger partial charge in [-0.2, -0.15) is 0 Å². The number of fused-ring (bicyclic) bond motifs is 1. The SMILES string of the molecule is CCNC(=O)NS(=O)(=O)c1ccccc1-c1ccc(Cn2c(=O)ccc3c(CC)nc(CC)cc32)cc1. The van der Waals surface area contributed by atoms with E-state index >= 15 is 0 Å². The molecule has 0 saturated carbocycles. The van der Waals surface area contributed by atoms with Gasteiger partial charge in [-0.15, -0.1) is 0 Å². The van der Waals surface area contributed by atoms with E-state index in [0.29, 0.717) is 24.2 Å². The third-order valence-electron chi connectivity index (χ3n) is 6.16. The van der Waals surface area contributed by atoms with Crippen molar-refractivity contribution in [1.82, 2.24) is 19.6 Å². The average Bonchev–Trinajstić information content (AvgIpc) is 2.89. The van der Waals surface area contributed by atoms with E-state index < -0.39 is 16.1 Å². The monoisotopic (exact) mass is 518 g/mol. The number of nitrogens with one attached hydrogen (secondary N) is 2. The van der Waals surface area contributed by atoms with Crippen LogP contribution in [0.4, 0.5) is 4.79 Å². The summed E-state index contributed by atoms with van der Waals surface area (Å²) in [5.74, 6) is 0. The summed E-state index contributed by atoms with van der Waals surface area (Å²) >= 11 is 0. The Balaban J connectivity index is 1.69. The third kappa shape index (κ3) is 5.56. The number of aryl methyl sites for hydroxylation is 2. The fraction of sp³-hybridized carbons (Fsp3) is 0.250. The van der Waals surface area contributed by atoms with E-state index in [4.69, 9.17) is 4.98 Å². The molecule has 2 N–H and O–H groups in total. The fourth-order valence-corrected chi connectivity index (χ4v) is 5.48. The summed E-state index contributed by atoms with van der Waals surface area (Å²) in [6.07, 6.45) is 1.55. The molecule has 0 aliphatic rings. The standard InChI is InChI=1S/C28H30N4O4S/c1-4-21-17-25-23(24(5-2)30-21)15-16-27(33)32(25)18-19-11-13-20(14-12-19)22-9-7-8-10-26(22)37(35,36)31-28(34)29-6-3/h7-17H,4-6,18H2,1-3H3,(H2,29,31,34). The Labute approximate surface area is 216 Å². The Morgan fingerprint density at radius 2 is 1.68 bits per heavy atom. The predicted molar refractivity (Wildman–Crippen MR) is 145 cm³/mol. The van der Waals surface area contributed by atoms with Crippen molar-refractivity contribution < 1.29 is 13.2 Å². The molecule has 4 rings (SSSR count). The zero-order valence-electron chi connectivity index (χ0n) is 21.1.